The van der Waals surface area contributed by atoms with Gasteiger partial charge in [0.2, 0.25) is 0 Å². The molecule has 0 unspecified atom stereocenters. The molecule has 1 fully saturated rings. The van der Waals surface area contributed by atoms with Crippen LogP contribution in [0.15, 0.2) is 29.2 Å². The number of aryl methyl sites for hydroxylation is 1. The van der Waals surface area contributed by atoms with Gasteiger partial charge in [0.05, 0.1) is 11.0 Å². The topological polar surface area (TPSA) is 55.4 Å². The van der Waals surface area contributed by atoms with Crippen LogP contribution in [0.5, 0.6) is 0 Å². The number of benzene rings is 1. The second-order valence-electron chi connectivity index (χ2n) is 4.53. The van der Waals surface area contributed by atoms with Crippen molar-refractivity contribution in [3.05, 3.63) is 29.8 Å². The third kappa shape index (κ3) is 3.06. The minimum absolute atomic E-state index is 0.225. The van der Waals surface area contributed by atoms with Crippen LogP contribution in [0.25, 0.3) is 0 Å². The molecule has 0 aromatic heterocycles. The van der Waals surface area contributed by atoms with E-state index in [9.17, 15) is 8.42 Å². The molecule has 2 rings (SSSR count). The van der Waals surface area contributed by atoms with E-state index in [1.807, 2.05) is 13.8 Å². The number of hydrogen-bond acceptors (Lipinski definition) is 4. The molecule has 0 aliphatic carbocycles. The fraction of sp³-hybridized carbons (Fsp3) is 0.500. The lowest BCUT2D eigenvalue weighted by Gasteiger charge is -2.11. The number of rotatable bonds is 3. The molecule has 1 saturated heterocycles. The first-order chi connectivity index (χ1) is 7.97. The van der Waals surface area contributed by atoms with Gasteiger partial charge in [-0.15, -0.1) is 0 Å². The van der Waals surface area contributed by atoms with E-state index in [0.717, 1.165) is 12.0 Å². The predicted molar refractivity (Wildman–Crippen MR) is 65.3 cm³/mol. The lowest BCUT2D eigenvalue weighted by molar-refractivity contribution is 0.227. The second kappa shape index (κ2) is 4.76. The standard InChI is InChI=1S/C12H17NO3S/c1-9-3-5-12(6-4-9)17(14,15)16-11-7-10(2)13-8-11/h3-6,10-11,13H,7-8H2,1-2H3/t10-,11-/m1/s1. The average molecular weight is 255 g/mol. The van der Waals surface area contributed by atoms with Gasteiger partial charge in [-0.25, -0.2) is 0 Å². The van der Waals surface area contributed by atoms with Gasteiger partial charge in [-0.3, -0.25) is 4.18 Å². The summed E-state index contributed by atoms with van der Waals surface area (Å²) in [4.78, 5) is 0.225. The smallest absolute Gasteiger partial charge is 0.297 e. The predicted octanol–water partition coefficient (Wildman–Crippen LogP) is 1.45. The van der Waals surface area contributed by atoms with Crippen LogP contribution in [0.4, 0.5) is 0 Å². The summed E-state index contributed by atoms with van der Waals surface area (Å²) in [5.74, 6) is 0. The molecule has 0 spiro atoms. The summed E-state index contributed by atoms with van der Waals surface area (Å²) in [7, 11) is -3.62. The van der Waals surface area contributed by atoms with E-state index in [1.54, 1.807) is 24.3 Å². The first-order valence-corrected chi connectivity index (χ1v) is 7.11. The van der Waals surface area contributed by atoms with Crippen molar-refractivity contribution in [2.75, 3.05) is 6.54 Å². The summed E-state index contributed by atoms with van der Waals surface area (Å²) in [6, 6.07) is 7.01. The van der Waals surface area contributed by atoms with Crippen LogP contribution < -0.4 is 5.32 Å². The van der Waals surface area contributed by atoms with Crippen molar-refractivity contribution < 1.29 is 12.6 Å². The monoisotopic (exact) mass is 255 g/mol. The molecule has 1 aromatic carbocycles. The molecule has 94 valence electrons. The van der Waals surface area contributed by atoms with Crippen molar-refractivity contribution in [3.63, 3.8) is 0 Å². The lowest BCUT2D eigenvalue weighted by atomic mass is 10.2. The van der Waals surface area contributed by atoms with Gasteiger partial charge in [0.1, 0.15) is 0 Å². The Bertz CT molecular complexity index is 481. The molecule has 0 amide bonds. The Balaban J connectivity index is 2.11. The summed E-state index contributed by atoms with van der Waals surface area (Å²) < 4.78 is 29.1. The molecule has 1 aromatic rings. The highest BCUT2D eigenvalue weighted by molar-refractivity contribution is 7.86. The van der Waals surface area contributed by atoms with Crippen molar-refractivity contribution >= 4 is 10.1 Å². The van der Waals surface area contributed by atoms with Gasteiger partial charge in [0.15, 0.2) is 0 Å². The van der Waals surface area contributed by atoms with Crippen LogP contribution in [-0.2, 0) is 14.3 Å². The molecule has 0 bridgehead atoms. The molecule has 1 aliphatic heterocycles. The van der Waals surface area contributed by atoms with Gasteiger partial charge in [-0.05, 0) is 32.4 Å². The maximum Gasteiger partial charge on any atom is 0.297 e. The van der Waals surface area contributed by atoms with Gasteiger partial charge in [0, 0.05) is 12.6 Å². The second-order valence-corrected chi connectivity index (χ2v) is 6.10. The Hall–Kier alpha value is -0.910. The lowest BCUT2D eigenvalue weighted by Crippen LogP contribution is -2.21. The molecule has 5 heteroatoms. The molecular weight excluding hydrogens is 238 g/mol. The van der Waals surface area contributed by atoms with Crippen molar-refractivity contribution in [1.29, 1.82) is 0 Å². The molecule has 0 saturated carbocycles. The molecule has 1 heterocycles. The van der Waals surface area contributed by atoms with Crippen molar-refractivity contribution in [2.45, 2.75) is 37.3 Å². The Morgan fingerprint density at radius 3 is 2.47 bits per heavy atom. The van der Waals surface area contributed by atoms with Crippen molar-refractivity contribution in [1.82, 2.24) is 5.32 Å². The Kier molecular flexibility index (Phi) is 3.51. The molecule has 17 heavy (non-hydrogen) atoms. The highest BCUT2D eigenvalue weighted by atomic mass is 32.2. The molecule has 0 radical (unpaired) electrons. The highest BCUT2D eigenvalue weighted by Gasteiger charge is 2.27. The van der Waals surface area contributed by atoms with Gasteiger partial charge in [-0.2, -0.15) is 8.42 Å². The van der Waals surface area contributed by atoms with Crippen LogP contribution >= 0.6 is 0 Å². The fourth-order valence-electron chi connectivity index (χ4n) is 1.91. The van der Waals surface area contributed by atoms with E-state index in [0.29, 0.717) is 12.6 Å². The highest BCUT2D eigenvalue weighted by Crippen LogP contribution is 2.19. The maximum atomic E-state index is 12.0. The first-order valence-electron chi connectivity index (χ1n) is 5.71. The molecule has 1 aliphatic rings. The minimum atomic E-state index is -3.62. The van der Waals surface area contributed by atoms with Gasteiger partial charge in [-0.1, -0.05) is 17.7 Å². The molecule has 2 atom stereocenters. The normalized spacial score (nSPS) is 25.1. The van der Waals surface area contributed by atoms with Crippen LogP contribution in [0.1, 0.15) is 18.9 Å². The summed E-state index contributed by atoms with van der Waals surface area (Å²) >= 11 is 0. The van der Waals surface area contributed by atoms with Crippen LogP contribution in [0.2, 0.25) is 0 Å². The van der Waals surface area contributed by atoms with E-state index in [1.165, 1.54) is 0 Å². The van der Waals surface area contributed by atoms with Crippen molar-refractivity contribution in [2.24, 2.45) is 0 Å². The van der Waals surface area contributed by atoms with Crippen LogP contribution in [-0.4, -0.2) is 27.1 Å². The number of nitrogens with one attached hydrogen (secondary N) is 1. The van der Waals surface area contributed by atoms with Gasteiger partial charge >= 0.3 is 0 Å². The third-order valence-electron chi connectivity index (χ3n) is 2.88. The fourth-order valence-corrected chi connectivity index (χ4v) is 2.99. The van der Waals surface area contributed by atoms with Crippen LogP contribution in [0.3, 0.4) is 0 Å². The zero-order valence-corrected chi connectivity index (χ0v) is 10.8. The van der Waals surface area contributed by atoms with E-state index in [2.05, 4.69) is 5.32 Å². The molecule has 1 N–H and O–H groups in total. The summed E-state index contributed by atoms with van der Waals surface area (Å²) in [5.41, 5.74) is 1.03. The minimum Gasteiger partial charge on any atom is -0.312 e. The third-order valence-corrected chi connectivity index (χ3v) is 4.26. The van der Waals surface area contributed by atoms with E-state index in [-0.39, 0.29) is 11.0 Å². The Morgan fingerprint density at radius 2 is 1.94 bits per heavy atom. The zero-order chi connectivity index (χ0) is 12.5. The summed E-state index contributed by atoms with van der Waals surface area (Å²) in [6.07, 6.45) is 0.474. The van der Waals surface area contributed by atoms with E-state index < -0.39 is 10.1 Å². The SMILES string of the molecule is Cc1ccc(S(=O)(=O)O[C@H]2CN[C@H](C)C2)cc1. The van der Waals surface area contributed by atoms with Crippen molar-refractivity contribution in [3.8, 4) is 0 Å². The summed E-state index contributed by atoms with van der Waals surface area (Å²) in [6.45, 7) is 4.52. The first kappa shape index (κ1) is 12.5. The Labute approximate surface area is 102 Å². The maximum absolute atomic E-state index is 12.0. The largest absolute Gasteiger partial charge is 0.312 e. The van der Waals surface area contributed by atoms with E-state index in [4.69, 9.17) is 4.18 Å². The average Bonchev–Trinajstić information content (AvgIpc) is 2.63. The van der Waals surface area contributed by atoms with Gasteiger partial charge in [0.25, 0.3) is 10.1 Å². The quantitative estimate of drug-likeness (QED) is 0.831. The van der Waals surface area contributed by atoms with Crippen LogP contribution in [0, 0.1) is 6.92 Å². The Morgan fingerprint density at radius 1 is 1.29 bits per heavy atom. The zero-order valence-electron chi connectivity index (χ0n) is 10.0. The van der Waals surface area contributed by atoms with Gasteiger partial charge < -0.3 is 5.32 Å². The molecular formula is C12H17NO3S. The number of hydrogen-bond donors (Lipinski definition) is 1. The molecule has 4 nitrogen and oxygen atoms in total. The summed E-state index contributed by atoms with van der Waals surface area (Å²) in [5, 5.41) is 3.16. The van der Waals surface area contributed by atoms with E-state index >= 15 is 0 Å².